The molecule has 0 aliphatic rings. The lowest BCUT2D eigenvalue weighted by Gasteiger charge is -2.16. The molecule has 80 valence electrons. The van der Waals surface area contributed by atoms with E-state index in [1.54, 1.807) is 26.8 Å². The van der Waals surface area contributed by atoms with Crippen LogP contribution in [0.5, 0.6) is 0 Å². The summed E-state index contributed by atoms with van der Waals surface area (Å²) in [6, 6.07) is 5.18. The molecule has 1 aromatic carbocycles. The first kappa shape index (κ1) is 12.0. The summed E-state index contributed by atoms with van der Waals surface area (Å²) in [6.45, 7) is 5.28. The van der Waals surface area contributed by atoms with E-state index in [2.05, 4.69) is 6.07 Å². The minimum absolute atomic E-state index is 0.275. The Labute approximate surface area is 94.5 Å². The van der Waals surface area contributed by atoms with Gasteiger partial charge in [-0.3, -0.25) is 0 Å². The maximum Gasteiger partial charge on any atom is 0.126 e. The van der Waals surface area contributed by atoms with Crippen LogP contribution in [0.4, 0.5) is 4.39 Å². The number of nitriles is 1. The summed E-state index contributed by atoms with van der Waals surface area (Å²) in [4.78, 5) is 0. The highest BCUT2D eigenvalue weighted by Crippen LogP contribution is 2.27. The van der Waals surface area contributed by atoms with Crippen LogP contribution in [0.15, 0.2) is 12.1 Å². The van der Waals surface area contributed by atoms with Gasteiger partial charge in [-0.25, -0.2) is 4.39 Å². The van der Waals surface area contributed by atoms with Gasteiger partial charge in [-0.1, -0.05) is 11.6 Å². The molecule has 0 fully saturated rings. The first-order valence-electron chi connectivity index (χ1n) is 4.71. The van der Waals surface area contributed by atoms with E-state index in [1.807, 2.05) is 0 Å². The second-order valence-electron chi connectivity index (χ2n) is 4.37. The third kappa shape index (κ3) is 2.94. The van der Waals surface area contributed by atoms with Crippen LogP contribution in [-0.4, -0.2) is 0 Å². The Balaban J connectivity index is 3.07. The average Bonchev–Trinajstić information content (AvgIpc) is 2.14. The van der Waals surface area contributed by atoms with Gasteiger partial charge in [0.2, 0.25) is 0 Å². The average molecular weight is 226 g/mol. The van der Waals surface area contributed by atoms with Crippen molar-refractivity contribution >= 4 is 11.6 Å². The molecule has 0 N–H and O–H groups in total. The minimum atomic E-state index is -0.522. The van der Waals surface area contributed by atoms with Crippen molar-refractivity contribution in [3.63, 3.8) is 0 Å². The van der Waals surface area contributed by atoms with E-state index in [-0.39, 0.29) is 5.82 Å². The van der Waals surface area contributed by atoms with Gasteiger partial charge in [0, 0.05) is 5.02 Å². The number of hydrogen-bond acceptors (Lipinski definition) is 1. The monoisotopic (exact) mass is 225 g/mol. The highest BCUT2D eigenvalue weighted by molar-refractivity contribution is 6.31. The van der Waals surface area contributed by atoms with Gasteiger partial charge in [-0.15, -0.1) is 0 Å². The molecule has 0 unspecified atom stereocenters. The fraction of sp³-hybridized carbons (Fsp3) is 0.417. The Kier molecular flexibility index (Phi) is 3.36. The Bertz CT molecular complexity index is 418. The zero-order chi connectivity index (χ0) is 11.6. The highest BCUT2D eigenvalue weighted by atomic mass is 35.5. The van der Waals surface area contributed by atoms with Gasteiger partial charge < -0.3 is 0 Å². The van der Waals surface area contributed by atoms with Crippen molar-refractivity contribution in [3.05, 3.63) is 34.1 Å². The van der Waals surface area contributed by atoms with E-state index in [9.17, 15) is 4.39 Å². The topological polar surface area (TPSA) is 23.8 Å². The van der Waals surface area contributed by atoms with Gasteiger partial charge in [0.25, 0.3) is 0 Å². The van der Waals surface area contributed by atoms with Gasteiger partial charge in [-0.2, -0.15) is 5.26 Å². The van der Waals surface area contributed by atoms with E-state index in [0.29, 0.717) is 22.6 Å². The quantitative estimate of drug-likeness (QED) is 0.749. The number of nitrogens with zero attached hydrogens (tertiary/aromatic N) is 1. The molecule has 0 saturated heterocycles. The van der Waals surface area contributed by atoms with Crippen LogP contribution in [0.3, 0.4) is 0 Å². The summed E-state index contributed by atoms with van der Waals surface area (Å²) in [5.41, 5.74) is 0.690. The summed E-state index contributed by atoms with van der Waals surface area (Å²) in [7, 11) is 0. The molecule has 0 amide bonds. The van der Waals surface area contributed by atoms with Crippen molar-refractivity contribution in [2.75, 3.05) is 0 Å². The smallest absolute Gasteiger partial charge is 0.126 e. The normalized spacial score (nSPS) is 11.2. The molecule has 0 aromatic heterocycles. The Morgan fingerprint density at radius 2 is 2.07 bits per heavy atom. The molecular weight excluding hydrogens is 213 g/mol. The van der Waals surface area contributed by atoms with Gasteiger partial charge in [0.1, 0.15) is 5.82 Å². The lowest BCUT2D eigenvalue weighted by atomic mass is 9.87. The van der Waals surface area contributed by atoms with E-state index in [0.717, 1.165) is 0 Å². The molecule has 3 heteroatoms. The van der Waals surface area contributed by atoms with Crippen LogP contribution in [0.25, 0.3) is 0 Å². The first-order valence-corrected chi connectivity index (χ1v) is 5.09. The van der Waals surface area contributed by atoms with Crippen molar-refractivity contribution in [2.45, 2.75) is 27.2 Å². The molecule has 15 heavy (non-hydrogen) atoms. The molecule has 0 radical (unpaired) electrons. The van der Waals surface area contributed by atoms with E-state index in [4.69, 9.17) is 16.9 Å². The predicted octanol–water partition coefficient (Wildman–Crippen LogP) is 3.88. The van der Waals surface area contributed by atoms with Gasteiger partial charge in [-0.05, 0) is 50.5 Å². The van der Waals surface area contributed by atoms with Gasteiger partial charge in [0.15, 0.2) is 0 Å². The van der Waals surface area contributed by atoms with E-state index in [1.165, 1.54) is 6.07 Å². The van der Waals surface area contributed by atoms with E-state index >= 15 is 0 Å². The van der Waals surface area contributed by atoms with Crippen LogP contribution in [0.2, 0.25) is 5.02 Å². The van der Waals surface area contributed by atoms with Crippen molar-refractivity contribution in [3.8, 4) is 6.07 Å². The fourth-order valence-electron chi connectivity index (χ4n) is 1.34. The molecule has 0 aliphatic carbocycles. The summed E-state index contributed by atoms with van der Waals surface area (Å²) in [6.07, 6.45) is 0.458. The number of halogens is 2. The lowest BCUT2D eigenvalue weighted by Crippen LogP contribution is -2.12. The SMILES string of the molecule is Cc1cc(Cl)c(CC(C)(C)C#N)cc1F. The Morgan fingerprint density at radius 1 is 1.47 bits per heavy atom. The van der Waals surface area contributed by atoms with Crippen molar-refractivity contribution in [2.24, 2.45) is 5.41 Å². The van der Waals surface area contributed by atoms with Crippen LogP contribution < -0.4 is 0 Å². The molecule has 0 atom stereocenters. The molecule has 0 saturated carbocycles. The molecule has 1 rings (SSSR count). The maximum atomic E-state index is 13.3. The Morgan fingerprint density at radius 3 is 2.60 bits per heavy atom. The molecule has 0 aliphatic heterocycles. The lowest BCUT2D eigenvalue weighted by molar-refractivity contribution is 0.491. The fourth-order valence-corrected chi connectivity index (χ4v) is 1.62. The number of aryl methyl sites for hydroxylation is 1. The second-order valence-corrected chi connectivity index (χ2v) is 4.77. The molecule has 1 aromatic rings. The van der Waals surface area contributed by atoms with Crippen LogP contribution >= 0.6 is 11.6 Å². The zero-order valence-electron chi connectivity index (χ0n) is 9.06. The first-order chi connectivity index (χ1) is 6.85. The van der Waals surface area contributed by atoms with E-state index < -0.39 is 5.41 Å². The maximum absolute atomic E-state index is 13.3. The number of rotatable bonds is 2. The third-order valence-electron chi connectivity index (χ3n) is 2.26. The standard InChI is InChI=1S/C12H13ClFN/c1-8-4-10(13)9(5-11(8)14)6-12(2,3)7-15/h4-5H,6H2,1-3H3. The van der Waals surface area contributed by atoms with Crippen LogP contribution in [-0.2, 0) is 6.42 Å². The number of hydrogen-bond donors (Lipinski definition) is 0. The molecular formula is C12H13ClFN. The van der Waals surface area contributed by atoms with Gasteiger partial charge >= 0.3 is 0 Å². The predicted molar refractivity (Wildman–Crippen MR) is 59.2 cm³/mol. The van der Waals surface area contributed by atoms with Crippen molar-refractivity contribution in [1.82, 2.24) is 0 Å². The van der Waals surface area contributed by atoms with Gasteiger partial charge in [0.05, 0.1) is 11.5 Å². The second kappa shape index (κ2) is 4.20. The summed E-state index contributed by atoms with van der Waals surface area (Å²) >= 11 is 5.99. The summed E-state index contributed by atoms with van der Waals surface area (Å²) < 4.78 is 13.3. The molecule has 1 nitrogen and oxygen atoms in total. The molecule has 0 spiro atoms. The number of benzene rings is 1. The summed E-state index contributed by atoms with van der Waals surface area (Å²) in [5.74, 6) is -0.275. The minimum Gasteiger partial charge on any atom is -0.207 e. The molecule has 0 heterocycles. The Hall–Kier alpha value is -1.07. The van der Waals surface area contributed by atoms with Crippen LogP contribution in [0.1, 0.15) is 25.0 Å². The third-order valence-corrected chi connectivity index (χ3v) is 2.61. The van der Waals surface area contributed by atoms with Crippen LogP contribution in [0, 0.1) is 29.5 Å². The summed E-state index contributed by atoms with van der Waals surface area (Å²) in [5, 5.41) is 9.41. The molecule has 0 bridgehead atoms. The highest BCUT2D eigenvalue weighted by Gasteiger charge is 2.19. The largest absolute Gasteiger partial charge is 0.207 e. The van der Waals surface area contributed by atoms with Crippen molar-refractivity contribution < 1.29 is 4.39 Å². The van der Waals surface area contributed by atoms with Crippen molar-refractivity contribution in [1.29, 1.82) is 5.26 Å². The zero-order valence-corrected chi connectivity index (χ0v) is 9.82.